The monoisotopic (exact) mass is 269 g/mol. The molecule has 0 aliphatic heterocycles. The van der Waals surface area contributed by atoms with Gasteiger partial charge in [0.25, 0.3) is 0 Å². The molecule has 1 fully saturated rings. The molecule has 2 atom stereocenters. The van der Waals surface area contributed by atoms with Gasteiger partial charge in [-0.15, -0.1) is 0 Å². The van der Waals surface area contributed by atoms with E-state index < -0.39 is 18.3 Å². The van der Waals surface area contributed by atoms with Gasteiger partial charge in [-0.3, -0.25) is 0 Å². The number of halogens is 1. The normalized spacial score (nSPS) is 18.1. The summed E-state index contributed by atoms with van der Waals surface area (Å²) in [7, 11) is 1.31. The SMILES string of the molecule is COC(O)Nc1cc(C(O)CCC2CC2)ccc1F. The molecule has 1 aromatic carbocycles. The van der Waals surface area contributed by atoms with Crippen LogP contribution in [0.3, 0.4) is 0 Å². The molecule has 1 aromatic rings. The van der Waals surface area contributed by atoms with Crippen molar-refractivity contribution in [2.45, 2.75) is 38.2 Å². The van der Waals surface area contributed by atoms with Crippen molar-refractivity contribution in [1.29, 1.82) is 0 Å². The summed E-state index contributed by atoms with van der Waals surface area (Å²) in [6, 6.07) is 4.35. The molecule has 0 heterocycles. The Bertz CT molecular complexity index is 423. The van der Waals surface area contributed by atoms with Gasteiger partial charge in [0.1, 0.15) is 5.82 Å². The Morgan fingerprint density at radius 3 is 2.79 bits per heavy atom. The zero-order chi connectivity index (χ0) is 13.8. The second-order valence-electron chi connectivity index (χ2n) is 5.01. The maximum atomic E-state index is 13.5. The molecular weight excluding hydrogens is 249 g/mol. The summed E-state index contributed by atoms with van der Waals surface area (Å²) in [6.45, 7) is 0. The zero-order valence-electron chi connectivity index (χ0n) is 11.0. The Labute approximate surface area is 112 Å². The Morgan fingerprint density at radius 1 is 1.42 bits per heavy atom. The van der Waals surface area contributed by atoms with Gasteiger partial charge in [0.2, 0.25) is 6.41 Å². The molecule has 0 bridgehead atoms. The Hall–Kier alpha value is -1.17. The molecule has 3 N–H and O–H groups in total. The lowest BCUT2D eigenvalue weighted by atomic mass is 10.0. The van der Waals surface area contributed by atoms with Gasteiger partial charge in [0, 0.05) is 7.11 Å². The van der Waals surface area contributed by atoms with Crippen LogP contribution in [0, 0.1) is 11.7 Å². The van der Waals surface area contributed by atoms with E-state index in [4.69, 9.17) is 0 Å². The average Bonchev–Trinajstić information content (AvgIpc) is 3.22. The second-order valence-corrected chi connectivity index (χ2v) is 5.01. The summed E-state index contributed by atoms with van der Waals surface area (Å²) < 4.78 is 18.2. The van der Waals surface area contributed by atoms with Crippen LogP contribution in [0.25, 0.3) is 0 Å². The molecule has 1 aliphatic rings. The highest BCUT2D eigenvalue weighted by molar-refractivity contribution is 5.47. The molecular formula is C14H20FNO3. The molecule has 0 amide bonds. The lowest BCUT2D eigenvalue weighted by Crippen LogP contribution is -2.21. The van der Waals surface area contributed by atoms with E-state index in [0.717, 1.165) is 12.3 Å². The largest absolute Gasteiger partial charge is 0.388 e. The quantitative estimate of drug-likeness (QED) is 0.665. The lowest BCUT2D eigenvalue weighted by molar-refractivity contribution is -0.0512. The molecule has 4 nitrogen and oxygen atoms in total. The minimum absolute atomic E-state index is 0.123. The van der Waals surface area contributed by atoms with Gasteiger partial charge in [0.15, 0.2) is 0 Å². The van der Waals surface area contributed by atoms with Crippen LogP contribution in [0.1, 0.15) is 37.4 Å². The van der Waals surface area contributed by atoms with E-state index in [1.165, 1.54) is 32.1 Å². The third-order valence-electron chi connectivity index (χ3n) is 3.42. The van der Waals surface area contributed by atoms with Gasteiger partial charge >= 0.3 is 0 Å². The van der Waals surface area contributed by atoms with E-state index in [2.05, 4.69) is 10.1 Å². The summed E-state index contributed by atoms with van der Waals surface area (Å²) in [6.07, 6.45) is 2.33. The molecule has 1 aliphatic carbocycles. The topological polar surface area (TPSA) is 61.7 Å². The first-order chi connectivity index (χ1) is 9.10. The van der Waals surface area contributed by atoms with Crippen molar-refractivity contribution < 1.29 is 19.3 Å². The van der Waals surface area contributed by atoms with Crippen molar-refractivity contribution in [2.24, 2.45) is 5.92 Å². The fourth-order valence-corrected chi connectivity index (χ4v) is 2.02. The number of hydrogen-bond acceptors (Lipinski definition) is 4. The highest BCUT2D eigenvalue weighted by Gasteiger charge is 2.22. The molecule has 19 heavy (non-hydrogen) atoms. The molecule has 5 heteroatoms. The van der Waals surface area contributed by atoms with Crippen LogP contribution >= 0.6 is 0 Å². The van der Waals surface area contributed by atoms with Crippen LogP contribution in [-0.4, -0.2) is 23.7 Å². The van der Waals surface area contributed by atoms with E-state index in [1.54, 1.807) is 6.07 Å². The number of methoxy groups -OCH3 is 1. The molecule has 0 aromatic heterocycles. The maximum absolute atomic E-state index is 13.5. The Kier molecular flexibility index (Phi) is 4.74. The van der Waals surface area contributed by atoms with Crippen molar-refractivity contribution in [3.63, 3.8) is 0 Å². The van der Waals surface area contributed by atoms with Crippen molar-refractivity contribution in [2.75, 3.05) is 12.4 Å². The summed E-state index contributed by atoms with van der Waals surface area (Å²) in [5.41, 5.74) is 0.769. The summed E-state index contributed by atoms with van der Waals surface area (Å²) in [5.74, 6) is 0.261. The van der Waals surface area contributed by atoms with E-state index >= 15 is 0 Å². The number of aliphatic hydroxyl groups is 2. The van der Waals surface area contributed by atoms with Crippen LogP contribution in [-0.2, 0) is 4.74 Å². The minimum Gasteiger partial charge on any atom is -0.388 e. The number of hydrogen-bond donors (Lipinski definition) is 3. The minimum atomic E-state index is -1.27. The van der Waals surface area contributed by atoms with Crippen LogP contribution in [0.5, 0.6) is 0 Å². The van der Waals surface area contributed by atoms with Crippen molar-refractivity contribution in [1.82, 2.24) is 0 Å². The highest BCUT2D eigenvalue weighted by Crippen LogP contribution is 2.36. The third-order valence-corrected chi connectivity index (χ3v) is 3.42. The molecule has 106 valence electrons. The first-order valence-electron chi connectivity index (χ1n) is 6.55. The predicted octanol–water partition coefficient (Wildman–Crippen LogP) is 2.38. The molecule has 1 saturated carbocycles. The van der Waals surface area contributed by atoms with E-state index in [9.17, 15) is 14.6 Å². The summed E-state index contributed by atoms with van der Waals surface area (Å²) in [5, 5.41) is 21.8. The number of ether oxygens (including phenoxy) is 1. The van der Waals surface area contributed by atoms with Crippen LogP contribution in [0.2, 0.25) is 0 Å². The van der Waals surface area contributed by atoms with E-state index in [-0.39, 0.29) is 5.69 Å². The van der Waals surface area contributed by atoms with Gasteiger partial charge in [0.05, 0.1) is 11.8 Å². The number of rotatable bonds is 7. The number of benzene rings is 1. The molecule has 0 spiro atoms. The highest BCUT2D eigenvalue weighted by atomic mass is 19.1. The van der Waals surface area contributed by atoms with Crippen molar-refractivity contribution >= 4 is 5.69 Å². The van der Waals surface area contributed by atoms with Crippen LogP contribution in [0.15, 0.2) is 18.2 Å². The van der Waals surface area contributed by atoms with Crippen molar-refractivity contribution in [3.8, 4) is 0 Å². The van der Waals surface area contributed by atoms with Gasteiger partial charge in [-0.1, -0.05) is 18.9 Å². The zero-order valence-corrected chi connectivity index (χ0v) is 11.0. The number of nitrogens with one attached hydrogen (secondary N) is 1. The standard InChI is InChI=1S/C14H20FNO3/c1-19-14(18)16-12-8-10(5-6-11(12)15)13(17)7-4-9-2-3-9/h5-6,8-9,13-14,16-18H,2-4,7H2,1H3. The average molecular weight is 269 g/mol. The molecule has 0 saturated heterocycles. The maximum Gasteiger partial charge on any atom is 0.235 e. The summed E-state index contributed by atoms with van der Waals surface area (Å²) >= 11 is 0. The van der Waals surface area contributed by atoms with Crippen LogP contribution in [0.4, 0.5) is 10.1 Å². The molecule has 0 radical (unpaired) electrons. The molecule has 2 unspecified atom stereocenters. The first kappa shape index (κ1) is 14.2. The predicted molar refractivity (Wildman–Crippen MR) is 70.0 cm³/mol. The lowest BCUT2D eigenvalue weighted by Gasteiger charge is -2.16. The fraction of sp³-hybridized carbons (Fsp3) is 0.571. The molecule has 2 rings (SSSR count). The first-order valence-corrected chi connectivity index (χ1v) is 6.55. The number of aliphatic hydroxyl groups excluding tert-OH is 2. The van der Waals surface area contributed by atoms with Gasteiger partial charge in [-0.2, -0.15) is 0 Å². The smallest absolute Gasteiger partial charge is 0.235 e. The van der Waals surface area contributed by atoms with Gasteiger partial charge < -0.3 is 20.3 Å². The Morgan fingerprint density at radius 2 is 2.16 bits per heavy atom. The van der Waals surface area contributed by atoms with Gasteiger partial charge in [-0.05, 0) is 36.5 Å². The van der Waals surface area contributed by atoms with E-state index in [1.807, 2.05) is 0 Å². The van der Waals surface area contributed by atoms with Gasteiger partial charge in [-0.25, -0.2) is 4.39 Å². The summed E-state index contributed by atoms with van der Waals surface area (Å²) in [4.78, 5) is 0. The number of anilines is 1. The van der Waals surface area contributed by atoms with E-state index in [0.29, 0.717) is 12.0 Å². The van der Waals surface area contributed by atoms with Crippen molar-refractivity contribution in [3.05, 3.63) is 29.6 Å². The second kappa shape index (κ2) is 6.32. The Balaban J connectivity index is 2.01. The van der Waals surface area contributed by atoms with Crippen LogP contribution < -0.4 is 5.32 Å². The third kappa shape index (κ3) is 4.16. The fourth-order valence-electron chi connectivity index (χ4n) is 2.02.